The van der Waals surface area contributed by atoms with Crippen LogP contribution in [0.25, 0.3) is 0 Å². The molecule has 0 bridgehead atoms. The fourth-order valence-corrected chi connectivity index (χ4v) is 3.19. The van der Waals surface area contributed by atoms with Crippen LogP contribution in [0.5, 0.6) is 0 Å². The van der Waals surface area contributed by atoms with Crippen LogP contribution in [0.4, 0.5) is 4.39 Å². The van der Waals surface area contributed by atoms with E-state index in [0.717, 1.165) is 22.8 Å². The van der Waals surface area contributed by atoms with E-state index in [0.29, 0.717) is 5.02 Å². The summed E-state index contributed by atoms with van der Waals surface area (Å²) in [7, 11) is 0. The summed E-state index contributed by atoms with van der Waals surface area (Å²) in [5, 5.41) is 4.75. The van der Waals surface area contributed by atoms with Gasteiger partial charge in [-0.2, -0.15) is 0 Å². The quantitative estimate of drug-likeness (QED) is 0.912. The van der Waals surface area contributed by atoms with Crippen LogP contribution in [0, 0.1) is 19.7 Å². The first-order valence-corrected chi connectivity index (χ1v) is 7.34. The molecular formula is C14H16ClFN2S. The summed E-state index contributed by atoms with van der Waals surface area (Å²) in [4.78, 5) is 5.76. The zero-order chi connectivity index (χ0) is 14.0. The van der Waals surface area contributed by atoms with E-state index < -0.39 is 0 Å². The number of nitrogens with one attached hydrogen (secondary N) is 1. The van der Waals surface area contributed by atoms with Crippen LogP contribution < -0.4 is 5.32 Å². The number of nitrogens with zero attached hydrogens (tertiary/aromatic N) is 1. The van der Waals surface area contributed by atoms with Gasteiger partial charge in [0.15, 0.2) is 0 Å². The van der Waals surface area contributed by atoms with Crippen molar-refractivity contribution in [1.82, 2.24) is 10.3 Å². The summed E-state index contributed by atoms with van der Waals surface area (Å²) in [5.41, 5.74) is 1.89. The Balaban J connectivity index is 2.44. The van der Waals surface area contributed by atoms with Gasteiger partial charge in [-0.3, -0.25) is 0 Å². The first kappa shape index (κ1) is 14.4. The first-order valence-electron chi connectivity index (χ1n) is 6.15. The molecule has 1 N–H and O–H groups in total. The molecule has 19 heavy (non-hydrogen) atoms. The highest BCUT2D eigenvalue weighted by atomic mass is 35.5. The van der Waals surface area contributed by atoms with Crippen LogP contribution in [0.1, 0.15) is 34.1 Å². The number of thiazole rings is 1. The Bertz CT molecular complexity index is 563. The van der Waals surface area contributed by atoms with Gasteiger partial charge in [-0.15, -0.1) is 11.3 Å². The number of hydrogen-bond acceptors (Lipinski definition) is 3. The fraction of sp³-hybridized carbons (Fsp3) is 0.357. The van der Waals surface area contributed by atoms with Gasteiger partial charge in [-0.05, 0) is 38.1 Å². The summed E-state index contributed by atoms with van der Waals surface area (Å²) in [6.45, 7) is 6.85. The van der Waals surface area contributed by atoms with E-state index >= 15 is 0 Å². The van der Waals surface area contributed by atoms with E-state index in [4.69, 9.17) is 11.6 Å². The van der Waals surface area contributed by atoms with E-state index in [1.807, 2.05) is 20.8 Å². The van der Waals surface area contributed by atoms with Crippen molar-refractivity contribution in [3.8, 4) is 0 Å². The average molecular weight is 299 g/mol. The molecule has 1 unspecified atom stereocenters. The van der Waals surface area contributed by atoms with Crippen molar-refractivity contribution in [1.29, 1.82) is 0 Å². The molecule has 2 nitrogen and oxygen atoms in total. The van der Waals surface area contributed by atoms with Gasteiger partial charge in [0.25, 0.3) is 0 Å². The third-order valence-corrected chi connectivity index (χ3v) is 4.44. The maximum absolute atomic E-state index is 13.1. The molecule has 1 heterocycles. The maximum atomic E-state index is 13.1. The van der Waals surface area contributed by atoms with E-state index in [9.17, 15) is 4.39 Å². The third-order valence-electron chi connectivity index (χ3n) is 2.97. The van der Waals surface area contributed by atoms with E-state index in [1.54, 1.807) is 17.4 Å². The molecule has 0 spiro atoms. The molecular weight excluding hydrogens is 283 g/mol. The normalized spacial score (nSPS) is 12.7. The van der Waals surface area contributed by atoms with Crippen molar-refractivity contribution in [2.75, 3.05) is 6.54 Å². The predicted molar refractivity (Wildman–Crippen MR) is 78.5 cm³/mol. The van der Waals surface area contributed by atoms with Crippen LogP contribution in [0.15, 0.2) is 18.2 Å². The molecule has 0 aliphatic rings. The van der Waals surface area contributed by atoms with Gasteiger partial charge in [-0.1, -0.05) is 24.6 Å². The van der Waals surface area contributed by atoms with E-state index in [-0.39, 0.29) is 11.9 Å². The third kappa shape index (κ3) is 3.14. The van der Waals surface area contributed by atoms with Gasteiger partial charge in [0.2, 0.25) is 0 Å². The first-order chi connectivity index (χ1) is 9.02. The molecule has 0 aliphatic carbocycles. The summed E-state index contributed by atoms with van der Waals surface area (Å²) < 4.78 is 13.1. The number of aryl methyl sites for hydroxylation is 2. The lowest BCUT2D eigenvalue weighted by molar-refractivity contribution is 0.611. The Kier molecular flexibility index (Phi) is 4.55. The predicted octanol–water partition coefficient (Wildman–Crippen LogP) is 4.25. The lowest BCUT2D eigenvalue weighted by Crippen LogP contribution is -2.22. The van der Waals surface area contributed by atoms with Crippen molar-refractivity contribution in [3.05, 3.63) is 50.2 Å². The standard InChI is InChI=1S/C14H16ClFN2S/c1-4-17-13(14-18-8(2)9(3)19-14)11-6-5-10(16)7-12(11)15/h5-7,13,17H,4H2,1-3H3. The second-order valence-electron chi connectivity index (χ2n) is 4.35. The second kappa shape index (κ2) is 5.99. The van der Waals surface area contributed by atoms with Gasteiger partial charge in [0.05, 0.1) is 11.7 Å². The van der Waals surface area contributed by atoms with E-state index in [1.165, 1.54) is 17.0 Å². The molecule has 1 aromatic carbocycles. The summed E-state index contributed by atoms with van der Waals surface area (Å²) in [6, 6.07) is 4.40. The smallest absolute Gasteiger partial charge is 0.124 e. The zero-order valence-corrected chi connectivity index (χ0v) is 12.7. The summed E-state index contributed by atoms with van der Waals surface area (Å²) in [5.74, 6) is -0.324. The highest BCUT2D eigenvalue weighted by Gasteiger charge is 2.20. The van der Waals surface area contributed by atoms with Crippen molar-refractivity contribution in [2.45, 2.75) is 26.8 Å². The molecule has 102 valence electrons. The van der Waals surface area contributed by atoms with Gasteiger partial charge in [0.1, 0.15) is 10.8 Å². The fourth-order valence-electron chi connectivity index (χ4n) is 1.89. The number of hydrogen-bond donors (Lipinski definition) is 1. The zero-order valence-electron chi connectivity index (χ0n) is 11.1. The highest BCUT2D eigenvalue weighted by molar-refractivity contribution is 7.11. The Morgan fingerprint density at radius 2 is 2.16 bits per heavy atom. The Hall–Kier alpha value is -0.970. The molecule has 0 fully saturated rings. The Morgan fingerprint density at radius 3 is 2.68 bits per heavy atom. The summed E-state index contributed by atoms with van der Waals surface area (Å²) in [6.07, 6.45) is 0. The maximum Gasteiger partial charge on any atom is 0.124 e. The molecule has 1 aromatic heterocycles. The molecule has 5 heteroatoms. The number of benzene rings is 1. The van der Waals surface area contributed by atoms with Crippen molar-refractivity contribution in [2.24, 2.45) is 0 Å². The van der Waals surface area contributed by atoms with Crippen molar-refractivity contribution >= 4 is 22.9 Å². The minimum absolute atomic E-state index is 0.0875. The van der Waals surface area contributed by atoms with Crippen LogP contribution in [0.3, 0.4) is 0 Å². The van der Waals surface area contributed by atoms with Crippen LogP contribution in [-0.4, -0.2) is 11.5 Å². The van der Waals surface area contributed by atoms with Gasteiger partial charge in [-0.25, -0.2) is 9.37 Å². The van der Waals surface area contributed by atoms with E-state index in [2.05, 4.69) is 10.3 Å². The number of halogens is 2. The molecule has 0 aliphatic heterocycles. The average Bonchev–Trinajstić information content (AvgIpc) is 2.67. The van der Waals surface area contributed by atoms with Crippen molar-refractivity contribution in [3.63, 3.8) is 0 Å². The van der Waals surface area contributed by atoms with Crippen LogP contribution in [0.2, 0.25) is 5.02 Å². The van der Waals surface area contributed by atoms with Crippen LogP contribution in [-0.2, 0) is 0 Å². The van der Waals surface area contributed by atoms with Crippen LogP contribution >= 0.6 is 22.9 Å². The van der Waals surface area contributed by atoms with Gasteiger partial charge in [0, 0.05) is 9.90 Å². The van der Waals surface area contributed by atoms with Gasteiger partial charge < -0.3 is 5.32 Å². The van der Waals surface area contributed by atoms with Crippen molar-refractivity contribution < 1.29 is 4.39 Å². The molecule has 1 atom stereocenters. The molecule has 0 amide bonds. The monoisotopic (exact) mass is 298 g/mol. The topological polar surface area (TPSA) is 24.9 Å². The molecule has 0 saturated heterocycles. The Labute approximate surface area is 121 Å². The molecule has 2 aromatic rings. The minimum Gasteiger partial charge on any atom is -0.304 e. The molecule has 2 rings (SSSR count). The lowest BCUT2D eigenvalue weighted by atomic mass is 10.1. The highest BCUT2D eigenvalue weighted by Crippen LogP contribution is 2.32. The lowest BCUT2D eigenvalue weighted by Gasteiger charge is -2.17. The second-order valence-corrected chi connectivity index (χ2v) is 5.99. The summed E-state index contributed by atoms with van der Waals surface area (Å²) >= 11 is 7.80. The minimum atomic E-state index is -0.324. The number of aromatic nitrogens is 1. The molecule has 0 radical (unpaired) electrons. The number of rotatable bonds is 4. The largest absolute Gasteiger partial charge is 0.304 e. The Morgan fingerprint density at radius 1 is 1.42 bits per heavy atom. The SMILES string of the molecule is CCNC(c1nc(C)c(C)s1)c1ccc(F)cc1Cl. The van der Waals surface area contributed by atoms with Gasteiger partial charge >= 0.3 is 0 Å². The molecule has 0 saturated carbocycles.